The maximum Gasteiger partial charge on any atom is 0.0973 e. The molecule has 114 valence electrons. The summed E-state index contributed by atoms with van der Waals surface area (Å²) in [5, 5.41) is 0. The Bertz CT molecular complexity index is 633. The van der Waals surface area contributed by atoms with Gasteiger partial charge in [-0.3, -0.25) is 9.88 Å². The summed E-state index contributed by atoms with van der Waals surface area (Å²) in [6, 6.07) is 12.9. The first-order valence-electron chi connectivity index (χ1n) is 8.19. The molecule has 22 heavy (non-hydrogen) atoms. The van der Waals surface area contributed by atoms with Gasteiger partial charge in [0.25, 0.3) is 0 Å². The number of piperidine rings is 1. The molecule has 0 unspecified atom stereocenters. The van der Waals surface area contributed by atoms with E-state index in [0.717, 1.165) is 45.5 Å². The molecule has 1 spiro atoms. The first-order chi connectivity index (χ1) is 10.9. The Morgan fingerprint density at radius 2 is 1.91 bits per heavy atom. The molecule has 1 aromatic carbocycles. The molecular formula is C19H22N2O. The number of benzene rings is 1. The first kappa shape index (κ1) is 13.9. The minimum absolute atomic E-state index is 0.0883. The van der Waals surface area contributed by atoms with Gasteiger partial charge in [0, 0.05) is 37.6 Å². The van der Waals surface area contributed by atoms with Crippen molar-refractivity contribution in [3.8, 4) is 0 Å². The molecule has 0 radical (unpaired) electrons. The second-order valence-electron chi connectivity index (χ2n) is 6.39. The highest BCUT2D eigenvalue weighted by molar-refractivity contribution is 5.32. The van der Waals surface area contributed by atoms with Crippen LogP contribution in [-0.4, -0.2) is 29.6 Å². The van der Waals surface area contributed by atoms with Crippen LogP contribution in [0.25, 0.3) is 0 Å². The average molecular weight is 294 g/mol. The molecule has 2 aromatic rings. The van der Waals surface area contributed by atoms with E-state index in [9.17, 15) is 0 Å². The highest BCUT2D eigenvalue weighted by atomic mass is 16.5. The van der Waals surface area contributed by atoms with Crippen LogP contribution in [0.2, 0.25) is 0 Å². The molecule has 0 bridgehead atoms. The van der Waals surface area contributed by atoms with Gasteiger partial charge in [-0.15, -0.1) is 0 Å². The van der Waals surface area contributed by atoms with E-state index in [1.54, 1.807) is 0 Å². The molecule has 1 fully saturated rings. The molecule has 0 saturated carbocycles. The molecule has 3 heteroatoms. The minimum atomic E-state index is -0.0883. The Morgan fingerprint density at radius 1 is 1.09 bits per heavy atom. The number of nitrogens with zero attached hydrogens (tertiary/aromatic N) is 2. The number of aromatic nitrogens is 1. The molecule has 1 aromatic heterocycles. The SMILES string of the molecule is c1ccc(CN2CCC3(CC2)OCCc2ccncc23)cc1. The van der Waals surface area contributed by atoms with Gasteiger partial charge < -0.3 is 4.74 Å². The lowest BCUT2D eigenvalue weighted by atomic mass is 9.80. The summed E-state index contributed by atoms with van der Waals surface area (Å²) in [4.78, 5) is 6.88. The summed E-state index contributed by atoms with van der Waals surface area (Å²) < 4.78 is 6.26. The normalized spacial score (nSPS) is 20.7. The van der Waals surface area contributed by atoms with E-state index in [4.69, 9.17) is 4.74 Å². The van der Waals surface area contributed by atoms with Gasteiger partial charge in [0.15, 0.2) is 0 Å². The maximum absolute atomic E-state index is 6.26. The standard InChI is InChI=1S/C19H22N2O/c1-2-4-16(5-3-1)15-21-11-8-19(9-12-21)18-14-20-10-6-17(18)7-13-22-19/h1-6,10,14H,7-9,11-13,15H2. The van der Waals surface area contributed by atoms with Crippen molar-refractivity contribution in [3.63, 3.8) is 0 Å². The lowest BCUT2D eigenvalue weighted by Crippen LogP contribution is -2.46. The van der Waals surface area contributed by atoms with Crippen LogP contribution < -0.4 is 0 Å². The highest BCUT2D eigenvalue weighted by Gasteiger charge is 2.40. The predicted octanol–water partition coefficient (Wildman–Crippen LogP) is 3.15. The molecule has 0 N–H and O–H groups in total. The number of pyridine rings is 1. The quantitative estimate of drug-likeness (QED) is 0.851. The van der Waals surface area contributed by atoms with E-state index in [-0.39, 0.29) is 5.60 Å². The number of fused-ring (bicyclic) bond motifs is 2. The van der Waals surface area contributed by atoms with Crippen molar-refractivity contribution in [1.82, 2.24) is 9.88 Å². The number of hydrogen-bond donors (Lipinski definition) is 0. The summed E-state index contributed by atoms with van der Waals surface area (Å²) in [7, 11) is 0. The topological polar surface area (TPSA) is 25.4 Å². The summed E-state index contributed by atoms with van der Waals surface area (Å²) in [6.45, 7) is 4.05. The third-order valence-corrected chi connectivity index (χ3v) is 5.06. The lowest BCUT2D eigenvalue weighted by Gasteiger charge is -2.44. The van der Waals surface area contributed by atoms with Crippen molar-refractivity contribution in [3.05, 3.63) is 65.5 Å². The minimum Gasteiger partial charge on any atom is -0.370 e. The third kappa shape index (κ3) is 2.55. The molecule has 0 aliphatic carbocycles. The Labute approximate surface area is 131 Å². The van der Waals surface area contributed by atoms with E-state index >= 15 is 0 Å². The fourth-order valence-electron chi connectivity index (χ4n) is 3.81. The van der Waals surface area contributed by atoms with Gasteiger partial charge in [-0.25, -0.2) is 0 Å². The van der Waals surface area contributed by atoms with Gasteiger partial charge in [0.1, 0.15) is 0 Å². The maximum atomic E-state index is 6.26. The molecule has 3 nitrogen and oxygen atoms in total. The van der Waals surface area contributed by atoms with Crippen LogP contribution in [-0.2, 0) is 23.3 Å². The first-order valence-corrected chi connectivity index (χ1v) is 8.19. The predicted molar refractivity (Wildman–Crippen MR) is 86.5 cm³/mol. The summed E-state index contributed by atoms with van der Waals surface area (Å²) in [5.41, 5.74) is 4.07. The second kappa shape index (κ2) is 5.82. The van der Waals surface area contributed by atoms with Crippen LogP contribution in [0, 0.1) is 0 Å². The Kier molecular flexibility index (Phi) is 3.68. The van der Waals surface area contributed by atoms with Crippen molar-refractivity contribution in [1.29, 1.82) is 0 Å². The van der Waals surface area contributed by atoms with Crippen LogP contribution in [0.5, 0.6) is 0 Å². The fourth-order valence-corrected chi connectivity index (χ4v) is 3.81. The van der Waals surface area contributed by atoms with Crippen LogP contribution in [0.1, 0.15) is 29.5 Å². The van der Waals surface area contributed by atoms with Crippen molar-refractivity contribution in [2.75, 3.05) is 19.7 Å². The summed E-state index contributed by atoms with van der Waals surface area (Å²) >= 11 is 0. The Hall–Kier alpha value is -1.71. The Morgan fingerprint density at radius 3 is 2.73 bits per heavy atom. The number of ether oxygens (including phenoxy) is 1. The van der Waals surface area contributed by atoms with Gasteiger partial charge >= 0.3 is 0 Å². The average Bonchev–Trinajstić information content (AvgIpc) is 2.59. The van der Waals surface area contributed by atoms with E-state index in [0.29, 0.717) is 0 Å². The molecular weight excluding hydrogens is 272 g/mol. The smallest absolute Gasteiger partial charge is 0.0973 e. The monoisotopic (exact) mass is 294 g/mol. The number of likely N-dealkylation sites (tertiary alicyclic amines) is 1. The van der Waals surface area contributed by atoms with E-state index < -0.39 is 0 Å². The number of hydrogen-bond acceptors (Lipinski definition) is 3. The summed E-state index contributed by atoms with van der Waals surface area (Å²) in [5.74, 6) is 0. The van der Waals surface area contributed by atoms with Crippen LogP contribution in [0.15, 0.2) is 48.8 Å². The van der Waals surface area contributed by atoms with Crippen LogP contribution in [0.4, 0.5) is 0 Å². The van der Waals surface area contributed by atoms with Gasteiger partial charge in [0.2, 0.25) is 0 Å². The largest absolute Gasteiger partial charge is 0.370 e. The zero-order valence-corrected chi connectivity index (χ0v) is 12.9. The molecule has 3 heterocycles. The van der Waals surface area contributed by atoms with Gasteiger partial charge in [0.05, 0.1) is 12.2 Å². The zero-order chi connectivity index (χ0) is 14.8. The van der Waals surface area contributed by atoms with Crippen molar-refractivity contribution < 1.29 is 4.74 Å². The molecule has 0 atom stereocenters. The summed E-state index contributed by atoms with van der Waals surface area (Å²) in [6.07, 6.45) is 7.09. The number of rotatable bonds is 2. The molecule has 2 aliphatic rings. The zero-order valence-electron chi connectivity index (χ0n) is 12.9. The fraction of sp³-hybridized carbons (Fsp3) is 0.421. The molecule has 1 saturated heterocycles. The van der Waals surface area contributed by atoms with Crippen molar-refractivity contribution >= 4 is 0 Å². The Balaban J connectivity index is 1.48. The molecule has 2 aliphatic heterocycles. The van der Waals surface area contributed by atoms with E-state index in [1.807, 2.05) is 12.4 Å². The van der Waals surface area contributed by atoms with Crippen LogP contribution >= 0.6 is 0 Å². The third-order valence-electron chi connectivity index (χ3n) is 5.06. The van der Waals surface area contributed by atoms with Gasteiger partial charge in [-0.2, -0.15) is 0 Å². The highest BCUT2D eigenvalue weighted by Crippen LogP contribution is 2.41. The van der Waals surface area contributed by atoms with Gasteiger partial charge in [-0.05, 0) is 36.5 Å². The lowest BCUT2D eigenvalue weighted by molar-refractivity contribution is -0.0991. The van der Waals surface area contributed by atoms with E-state index in [1.165, 1.54) is 16.7 Å². The van der Waals surface area contributed by atoms with E-state index in [2.05, 4.69) is 46.3 Å². The molecule has 0 amide bonds. The molecule has 4 rings (SSSR count). The van der Waals surface area contributed by atoms with Crippen LogP contribution in [0.3, 0.4) is 0 Å². The van der Waals surface area contributed by atoms with Gasteiger partial charge in [-0.1, -0.05) is 30.3 Å². The van der Waals surface area contributed by atoms with Crippen molar-refractivity contribution in [2.24, 2.45) is 0 Å². The second-order valence-corrected chi connectivity index (χ2v) is 6.39. The van der Waals surface area contributed by atoms with Crippen molar-refractivity contribution in [2.45, 2.75) is 31.4 Å².